The van der Waals surface area contributed by atoms with Gasteiger partial charge in [-0.1, -0.05) is 12.1 Å². The number of hydrogen-bond acceptors (Lipinski definition) is 3. The minimum absolute atomic E-state index is 0.151. The Morgan fingerprint density at radius 3 is 2.77 bits per heavy atom. The number of hydrogen-bond donors (Lipinski definition) is 2. The first kappa shape index (κ1) is 14.1. The van der Waals surface area contributed by atoms with Crippen molar-refractivity contribution in [2.75, 3.05) is 0 Å². The minimum atomic E-state index is -0.267. The quantitative estimate of drug-likeness (QED) is 0.773. The van der Waals surface area contributed by atoms with Gasteiger partial charge in [0.2, 0.25) is 5.56 Å². The second-order valence-electron chi connectivity index (χ2n) is 5.20. The smallest absolute Gasteiger partial charge is 0.253 e. The summed E-state index contributed by atoms with van der Waals surface area (Å²) in [5.74, 6) is 0.447. The number of aromatic nitrogens is 3. The molecule has 0 aliphatic carbocycles. The zero-order valence-corrected chi connectivity index (χ0v) is 12.3. The molecular weight excluding hydrogens is 280 g/mol. The topological polar surface area (TPSA) is 79.8 Å². The van der Waals surface area contributed by atoms with Crippen LogP contribution >= 0.6 is 0 Å². The number of fused-ring (bicyclic) bond motifs is 1. The maximum atomic E-state index is 12.2. The van der Waals surface area contributed by atoms with Gasteiger partial charge < -0.3 is 14.9 Å². The molecule has 0 aliphatic heterocycles. The average Bonchev–Trinajstić information content (AvgIpc) is 2.94. The van der Waals surface area contributed by atoms with Crippen LogP contribution in [0.4, 0.5) is 0 Å². The number of benzene rings is 1. The van der Waals surface area contributed by atoms with Gasteiger partial charge in [-0.15, -0.1) is 0 Å². The third-order valence-electron chi connectivity index (χ3n) is 3.51. The van der Waals surface area contributed by atoms with Crippen LogP contribution in [0.15, 0.2) is 47.4 Å². The van der Waals surface area contributed by atoms with Crippen LogP contribution in [0.1, 0.15) is 29.1 Å². The van der Waals surface area contributed by atoms with Gasteiger partial charge in [-0.3, -0.25) is 9.59 Å². The Hall–Kier alpha value is -2.89. The zero-order valence-electron chi connectivity index (χ0n) is 12.3. The molecule has 6 heteroatoms. The molecule has 22 heavy (non-hydrogen) atoms. The number of carbonyl (C=O) groups excluding carboxylic acids is 1. The molecule has 0 bridgehead atoms. The Morgan fingerprint density at radius 2 is 2.05 bits per heavy atom. The van der Waals surface area contributed by atoms with Crippen LogP contribution < -0.4 is 10.9 Å². The van der Waals surface area contributed by atoms with E-state index in [-0.39, 0.29) is 17.5 Å². The van der Waals surface area contributed by atoms with Crippen molar-refractivity contribution in [1.82, 2.24) is 19.9 Å². The molecule has 2 aromatic heterocycles. The number of nitrogens with zero attached hydrogens (tertiary/aromatic N) is 2. The molecule has 112 valence electrons. The molecule has 0 radical (unpaired) electrons. The van der Waals surface area contributed by atoms with Crippen LogP contribution in [0, 0.1) is 0 Å². The maximum absolute atomic E-state index is 12.2. The molecule has 2 heterocycles. The summed E-state index contributed by atoms with van der Waals surface area (Å²) in [4.78, 5) is 31.2. The van der Waals surface area contributed by atoms with Crippen LogP contribution in [0.2, 0.25) is 0 Å². The molecule has 0 aliphatic rings. The molecule has 3 rings (SSSR count). The van der Waals surface area contributed by atoms with Crippen molar-refractivity contribution in [3.8, 4) is 0 Å². The van der Waals surface area contributed by atoms with E-state index in [1.807, 2.05) is 31.2 Å². The standard InChI is InChI=1S/C16H16N4O2/c1-10(15-18-12-5-3-4-6-13(12)19-15)17-16(22)11-7-8-14(21)20(2)9-11/h3-10H,1-2H3,(H,17,22)(H,18,19)/t10-/m1/s1. The van der Waals surface area contributed by atoms with Crippen molar-refractivity contribution in [1.29, 1.82) is 0 Å². The molecule has 0 saturated heterocycles. The number of nitrogens with one attached hydrogen (secondary N) is 2. The van der Waals surface area contributed by atoms with Crippen molar-refractivity contribution in [2.45, 2.75) is 13.0 Å². The van der Waals surface area contributed by atoms with E-state index in [2.05, 4.69) is 15.3 Å². The Bertz CT molecular complexity index is 861. The lowest BCUT2D eigenvalue weighted by molar-refractivity contribution is 0.0937. The fraction of sp³-hybridized carbons (Fsp3) is 0.188. The van der Waals surface area contributed by atoms with Gasteiger partial charge in [0, 0.05) is 19.3 Å². The Balaban J connectivity index is 1.80. The second kappa shape index (κ2) is 5.48. The number of imidazole rings is 1. The predicted molar refractivity (Wildman–Crippen MR) is 83.7 cm³/mol. The largest absolute Gasteiger partial charge is 0.342 e. The van der Waals surface area contributed by atoms with E-state index in [4.69, 9.17) is 0 Å². The van der Waals surface area contributed by atoms with E-state index in [1.54, 1.807) is 7.05 Å². The highest BCUT2D eigenvalue weighted by molar-refractivity contribution is 5.94. The molecule has 1 atom stereocenters. The molecule has 1 amide bonds. The SMILES string of the molecule is C[C@@H](NC(=O)c1ccc(=O)n(C)c1)c1nc2ccccc2[nH]1. The lowest BCUT2D eigenvalue weighted by Gasteiger charge is -2.11. The van der Waals surface area contributed by atoms with Gasteiger partial charge in [0.1, 0.15) is 5.82 Å². The first-order chi connectivity index (χ1) is 10.5. The highest BCUT2D eigenvalue weighted by Gasteiger charge is 2.15. The number of para-hydroxylation sites is 2. The van der Waals surface area contributed by atoms with Crippen molar-refractivity contribution in [2.24, 2.45) is 7.05 Å². The Kier molecular flexibility index (Phi) is 3.50. The van der Waals surface area contributed by atoms with E-state index < -0.39 is 0 Å². The number of H-pyrrole nitrogens is 1. The highest BCUT2D eigenvalue weighted by Crippen LogP contribution is 2.15. The summed E-state index contributed by atoms with van der Waals surface area (Å²) >= 11 is 0. The third-order valence-corrected chi connectivity index (χ3v) is 3.51. The van der Waals surface area contributed by atoms with Crippen molar-refractivity contribution < 1.29 is 4.79 Å². The van der Waals surface area contributed by atoms with Gasteiger partial charge in [-0.2, -0.15) is 0 Å². The van der Waals surface area contributed by atoms with E-state index in [0.717, 1.165) is 11.0 Å². The molecular formula is C16H16N4O2. The van der Waals surface area contributed by atoms with Gasteiger partial charge >= 0.3 is 0 Å². The van der Waals surface area contributed by atoms with E-state index in [9.17, 15) is 9.59 Å². The summed E-state index contributed by atoms with van der Waals surface area (Å²) in [6.07, 6.45) is 1.52. The zero-order chi connectivity index (χ0) is 15.7. The van der Waals surface area contributed by atoms with Gasteiger partial charge in [0.25, 0.3) is 5.91 Å². The van der Waals surface area contributed by atoms with Crippen molar-refractivity contribution in [3.63, 3.8) is 0 Å². The van der Waals surface area contributed by atoms with Crippen LogP contribution in [0.5, 0.6) is 0 Å². The molecule has 0 unspecified atom stereocenters. The summed E-state index contributed by atoms with van der Waals surface area (Å²) in [7, 11) is 1.61. The number of carbonyl (C=O) groups is 1. The van der Waals surface area contributed by atoms with Crippen LogP contribution in [-0.4, -0.2) is 20.4 Å². The fourth-order valence-electron chi connectivity index (χ4n) is 2.25. The molecule has 0 fully saturated rings. The number of pyridine rings is 1. The van der Waals surface area contributed by atoms with Crippen LogP contribution in [0.25, 0.3) is 11.0 Å². The van der Waals surface area contributed by atoms with E-state index in [1.165, 1.54) is 22.9 Å². The number of aromatic amines is 1. The monoisotopic (exact) mass is 296 g/mol. The molecule has 2 N–H and O–H groups in total. The Morgan fingerprint density at radius 1 is 1.27 bits per heavy atom. The maximum Gasteiger partial charge on any atom is 0.253 e. The lowest BCUT2D eigenvalue weighted by Crippen LogP contribution is -2.28. The van der Waals surface area contributed by atoms with Crippen LogP contribution in [-0.2, 0) is 7.05 Å². The summed E-state index contributed by atoms with van der Waals surface area (Å²) in [6, 6.07) is 10.3. The molecule has 3 aromatic rings. The summed E-state index contributed by atoms with van der Waals surface area (Å²) in [5.41, 5.74) is 2.08. The lowest BCUT2D eigenvalue weighted by atomic mass is 10.2. The van der Waals surface area contributed by atoms with Crippen LogP contribution in [0.3, 0.4) is 0 Å². The third kappa shape index (κ3) is 2.63. The van der Waals surface area contributed by atoms with Gasteiger partial charge in [-0.05, 0) is 25.1 Å². The normalized spacial score (nSPS) is 12.3. The van der Waals surface area contributed by atoms with Gasteiger partial charge in [-0.25, -0.2) is 4.98 Å². The number of aryl methyl sites for hydroxylation is 1. The molecule has 6 nitrogen and oxygen atoms in total. The first-order valence-electron chi connectivity index (χ1n) is 6.97. The van der Waals surface area contributed by atoms with Crippen molar-refractivity contribution in [3.05, 3.63) is 64.3 Å². The Labute approximate surface area is 126 Å². The summed E-state index contributed by atoms with van der Waals surface area (Å²) in [6.45, 7) is 1.86. The minimum Gasteiger partial charge on any atom is -0.342 e. The molecule has 0 saturated carbocycles. The van der Waals surface area contributed by atoms with E-state index in [0.29, 0.717) is 11.4 Å². The number of amides is 1. The number of rotatable bonds is 3. The van der Waals surface area contributed by atoms with Gasteiger partial charge in [0.15, 0.2) is 0 Å². The summed E-state index contributed by atoms with van der Waals surface area (Å²) in [5, 5.41) is 2.87. The second-order valence-corrected chi connectivity index (χ2v) is 5.20. The predicted octanol–water partition coefficient (Wildman–Crippen LogP) is 1.75. The van der Waals surface area contributed by atoms with Crippen molar-refractivity contribution >= 4 is 16.9 Å². The average molecular weight is 296 g/mol. The summed E-state index contributed by atoms with van der Waals surface area (Å²) < 4.78 is 1.38. The first-order valence-corrected chi connectivity index (χ1v) is 6.97. The molecule has 0 spiro atoms. The fourth-order valence-corrected chi connectivity index (χ4v) is 2.25. The highest BCUT2D eigenvalue weighted by atomic mass is 16.2. The van der Waals surface area contributed by atoms with Gasteiger partial charge in [0.05, 0.1) is 22.6 Å². The van der Waals surface area contributed by atoms with E-state index >= 15 is 0 Å². The molecule has 1 aromatic carbocycles.